The number of piperidine rings is 1. The maximum absolute atomic E-state index is 12.8. The molecule has 1 aromatic rings. The molecule has 0 bridgehead atoms. The fourth-order valence-corrected chi connectivity index (χ4v) is 4.49. The zero-order valence-electron chi connectivity index (χ0n) is 22.3. The lowest BCUT2D eigenvalue weighted by atomic mass is 10.0. The Hall–Kier alpha value is -3.06. The molecule has 2 aliphatic rings. The summed E-state index contributed by atoms with van der Waals surface area (Å²) in [4.78, 5) is 52.4. The number of aliphatic hydroxyl groups is 1. The third-order valence-corrected chi connectivity index (χ3v) is 6.28. The Morgan fingerprint density at radius 2 is 2.00 bits per heavy atom. The number of carbonyl (C=O) groups excluding carboxylic acids is 4. The van der Waals surface area contributed by atoms with Crippen molar-refractivity contribution in [1.82, 2.24) is 15.1 Å². The fraction of sp³-hybridized carbons (Fsp3) is 0.615. The van der Waals surface area contributed by atoms with E-state index in [4.69, 9.17) is 15.2 Å². The molecule has 0 radical (unpaired) electrons. The molecule has 2 atom stereocenters. The van der Waals surface area contributed by atoms with Crippen LogP contribution in [0.5, 0.6) is 0 Å². The van der Waals surface area contributed by atoms with Crippen molar-refractivity contribution in [2.75, 3.05) is 38.2 Å². The molecule has 2 heterocycles. The van der Waals surface area contributed by atoms with Gasteiger partial charge in [0.2, 0.25) is 17.7 Å². The van der Waals surface area contributed by atoms with Gasteiger partial charge in [-0.2, -0.15) is 0 Å². The largest absolute Gasteiger partial charge is 0.444 e. The van der Waals surface area contributed by atoms with E-state index in [1.165, 1.54) is 4.90 Å². The molecule has 5 N–H and O–H groups in total. The highest BCUT2D eigenvalue weighted by atomic mass is 16.6. The molecule has 2 unspecified atom stereocenters. The second-order valence-electron chi connectivity index (χ2n) is 10.4. The number of anilines is 1. The molecule has 210 valence electrons. The lowest BCUT2D eigenvalue weighted by Crippen LogP contribution is -2.51. The van der Waals surface area contributed by atoms with Crippen molar-refractivity contribution in [1.29, 1.82) is 0 Å². The zero-order chi connectivity index (χ0) is 27.9. The van der Waals surface area contributed by atoms with Gasteiger partial charge in [0.15, 0.2) is 0 Å². The monoisotopic (exact) mass is 533 g/mol. The van der Waals surface area contributed by atoms with Crippen LogP contribution in [0.1, 0.15) is 63.8 Å². The number of fused-ring (bicyclic) bond motifs is 1. The summed E-state index contributed by atoms with van der Waals surface area (Å²) >= 11 is 0. The van der Waals surface area contributed by atoms with Crippen LogP contribution in [-0.2, 0) is 30.4 Å². The SMILES string of the molecule is CC(C)(C)OC(=O)N(CCCC(=O)Nc1cccc2c1CN(C1CCC(=O)NC1=O)C2O)CCOCCN. The molecule has 1 aromatic carbocycles. The third kappa shape index (κ3) is 7.97. The average molecular weight is 534 g/mol. The number of hydrogen-bond donors (Lipinski definition) is 4. The van der Waals surface area contributed by atoms with Gasteiger partial charge in [-0.05, 0) is 45.2 Å². The maximum Gasteiger partial charge on any atom is 0.410 e. The summed E-state index contributed by atoms with van der Waals surface area (Å²) in [5.74, 6) is -0.990. The number of carbonyl (C=O) groups is 4. The number of imide groups is 1. The standard InChI is InChI=1S/C26H39N5O7/c1-26(2,3)38-25(36)30(13-15-37-14-11-27)12-5-8-21(32)28-19-7-4-6-17-18(19)16-31(24(17)35)20-9-10-22(33)29-23(20)34/h4,6-7,20,24,35H,5,8-16,27H2,1-3H3,(H,28,32)(H,29,33,34). The van der Waals surface area contributed by atoms with Crippen LogP contribution in [0.3, 0.4) is 0 Å². The molecular weight excluding hydrogens is 494 g/mol. The van der Waals surface area contributed by atoms with Crippen LogP contribution in [0.25, 0.3) is 0 Å². The van der Waals surface area contributed by atoms with Crippen molar-refractivity contribution >= 4 is 29.5 Å². The Bertz CT molecular complexity index is 1030. The van der Waals surface area contributed by atoms with Crippen LogP contribution < -0.4 is 16.4 Å². The smallest absolute Gasteiger partial charge is 0.410 e. The van der Waals surface area contributed by atoms with E-state index in [0.717, 1.165) is 5.56 Å². The second-order valence-corrected chi connectivity index (χ2v) is 10.4. The van der Waals surface area contributed by atoms with Crippen molar-refractivity contribution in [3.63, 3.8) is 0 Å². The molecule has 0 spiro atoms. The van der Waals surface area contributed by atoms with Gasteiger partial charge in [0.1, 0.15) is 11.8 Å². The second kappa shape index (κ2) is 13.1. The van der Waals surface area contributed by atoms with Crippen molar-refractivity contribution in [3.05, 3.63) is 29.3 Å². The van der Waals surface area contributed by atoms with Gasteiger partial charge < -0.3 is 30.5 Å². The quantitative estimate of drug-likeness (QED) is 0.242. The van der Waals surface area contributed by atoms with Gasteiger partial charge in [0.25, 0.3) is 0 Å². The molecule has 3 rings (SSSR count). The van der Waals surface area contributed by atoms with Crippen LogP contribution in [0.15, 0.2) is 18.2 Å². The first-order chi connectivity index (χ1) is 18.0. The Balaban J connectivity index is 1.57. The number of rotatable bonds is 11. The van der Waals surface area contributed by atoms with Gasteiger partial charge in [-0.1, -0.05) is 12.1 Å². The van der Waals surface area contributed by atoms with E-state index in [1.54, 1.807) is 43.9 Å². The highest BCUT2D eigenvalue weighted by molar-refractivity contribution is 6.00. The normalized spacial score (nSPS) is 19.6. The van der Waals surface area contributed by atoms with Crippen LogP contribution in [-0.4, -0.2) is 83.2 Å². The van der Waals surface area contributed by atoms with Crippen molar-refractivity contribution in [2.24, 2.45) is 5.73 Å². The average Bonchev–Trinajstić information content (AvgIpc) is 3.16. The number of ether oxygens (including phenoxy) is 2. The number of benzene rings is 1. The highest BCUT2D eigenvalue weighted by Crippen LogP contribution is 2.38. The topological polar surface area (TPSA) is 164 Å². The summed E-state index contributed by atoms with van der Waals surface area (Å²) < 4.78 is 10.9. The third-order valence-electron chi connectivity index (χ3n) is 6.28. The molecule has 12 heteroatoms. The molecular formula is C26H39N5O7. The summed E-state index contributed by atoms with van der Waals surface area (Å²) in [5, 5.41) is 16.1. The first kappa shape index (κ1) is 29.5. The summed E-state index contributed by atoms with van der Waals surface area (Å²) in [6, 6.07) is 4.61. The number of nitrogens with zero attached hydrogens (tertiary/aromatic N) is 2. The number of nitrogens with one attached hydrogen (secondary N) is 2. The van der Waals surface area contributed by atoms with Crippen LogP contribution in [0.4, 0.5) is 10.5 Å². The van der Waals surface area contributed by atoms with E-state index in [9.17, 15) is 24.3 Å². The number of aliphatic hydroxyl groups excluding tert-OH is 1. The van der Waals surface area contributed by atoms with E-state index in [2.05, 4.69) is 10.6 Å². The van der Waals surface area contributed by atoms with E-state index in [1.807, 2.05) is 0 Å². The molecule has 4 amide bonds. The van der Waals surface area contributed by atoms with Gasteiger partial charge in [-0.15, -0.1) is 0 Å². The Kier molecular flexibility index (Phi) is 10.2. The number of hydrogen-bond acceptors (Lipinski definition) is 9. The van der Waals surface area contributed by atoms with Gasteiger partial charge in [-0.25, -0.2) is 4.79 Å². The minimum absolute atomic E-state index is 0.159. The molecule has 1 saturated heterocycles. The van der Waals surface area contributed by atoms with E-state index in [-0.39, 0.29) is 31.2 Å². The molecule has 12 nitrogen and oxygen atoms in total. The first-order valence-corrected chi connectivity index (χ1v) is 12.9. The molecule has 0 aliphatic carbocycles. The maximum atomic E-state index is 12.8. The Labute approximate surface area is 222 Å². The Morgan fingerprint density at radius 3 is 2.68 bits per heavy atom. The first-order valence-electron chi connectivity index (χ1n) is 12.9. The summed E-state index contributed by atoms with van der Waals surface area (Å²) in [6.07, 6.45) is -0.400. The lowest BCUT2D eigenvalue weighted by Gasteiger charge is -2.31. The number of amides is 4. The predicted molar refractivity (Wildman–Crippen MR) is 139 cm³/mol. The van der Waals surface area contributed by atoms with Crippen LogP contribution >= 0.6 is 0 Å². The van der Waals surface area contributed by atoms with E-state index in [0.29, 0.717) is 56.9 Å². The predicted octanol–water partition coefficient (Wildman–Crippen LogP) is 1.23. The molecule has 2 aliphatic heterocycles. The fourth-order valence-electron chi connectivity index (χ4n) is 4.49. The van der Waals surface area contributed by atoms with Crippen molar-refractivity contribution < 1.29 is 33.8 Å². The lowest BCUT2D eigenvalue weighted by molar-refractivity contribution is -0.141. The zero-order valence-corrected chi connectivity index (χ0v) is 22.3. The van der Waals surface area contributed by atoms with Gasteiger partial charge in [-0.3, -0.25) is 24.6 Å². The Morgan fingerprint density at radius 1 is 1.24 bits per heavy atom. The minimum Gasteiger partial charge on any atom is -0.444 e. The summed E-state index contributed by atoms with van der Waals surface area (Å²) in [5.41, 5.74) is 6.69. The van der Waals surface area contributed by atoms with Gasteiger partial charge in [0, 0.05) is 50.3 Å². The van der Waals surface area contributed by atoms with Crippen molar-refractivity contribution in [3.8, 4) is 0 Å². The van der Waals surface area contributed by atoms with Crippen LogP contribution in [0, 0.1) is 0 Å². The minimum atomic E-state index is -1.02. The number of nitrogens with two attached hydrogens (primary N) is 1. The molecule has 0 saturated carbocycles. The van der Waals surface area contributed by atoms with Crippen molar-refractivity contribution in [2.45, 2.75) is 70.9 Å². The highest BCUT2D eigenvalue weighted by Gasteiger charge is 2.40. The van der Waals surface area contributed by atoms with Gasteiger partial charge in [0.05, 0.1) is 19.3 Å². The molecule has 0 aromatic heterocycles. The molecule has 1 fully saturated rings. The summed E-state index contributed by atoms with van der Waals surface area (Å²) in [6.45, 7) is 7.34. The van der Waals surface area contributed by atoms with Crippen LogP contribution in [0.2, 0.25) is 0 Å². The molecule has 38 heavy (non-hydrogen) atoms. The van der Waals surface area contributed by atoms with E-state index < -0.39 is 29.9 Å². The van der Waals surface area contributed by atoms with E-state index >= 15 is 0 Å². The summed E-state index contributed by atoms with van der Waals surface area (Å²) in [7, 11) is 0. The van der Waals surface area contributed by atoms with Gasteiger partial charge >= 0.3 is 6.09 Å².